The molecule has 0 aliphatic carbocycles. The largest absolute Gasteiger partial charge is 0.416 e. The fraction of sp³-hybridized carbons (Fsp3) is 0.180. The lowest BCUT2D eigenvalue weighted by Crippen LogP contribution is -2.75. The molecule has 7 rings (SSSR count). The number of carbonyl (C=O) groups excluding carboxylic acids is 1. The molecule has 0 atom stereocenters. The van der Waals surface area contributed by atoms with E-state index in [9.17, 15) is 120 Å². The van der Waals surface area contributed by atoms with Crippen LogP contribution < -0.4 is 26.4 Å². The molecule has 1 aromatic heterocycles. The maximum atomic E-state index is 14.2. The molecular formula is C50H26BF24N3O3. The van der Waals surface area contributed by atoms with Gasteiger partial charge in [-0.05, 0) is 24.3 Å². The minimum Gasteiger partial charge on any atom is -0.287 e. The Hall–Kier alpha value is -8.15. The predicted octanol–water partition coefficient (Wildman–Crippen LogP) is 14.0. The first-order chi connectivity index (χ1) is 36.9. The van der Waals surface area contributed by atoms with Crippen molar-refractivity contribution in [2.24, 2.45) is 0 Å². The highest BCUT2D eigenvalue weighted by molar-refractivity contribution is 7.20. The fourth-order valence-electron chi connectivity index (χ4n) is 8.41. The number of aromatic nitrogens is 2. The van der Waals surface area contributed by atoms with Gasteiger partial charge >= 0.3 is 49.4 Å². The van der Waals surface area contributed by atoms with E-state index in [2.05, 4.69) is 4.98 Å². The van der Waals surface area contributed by atoms with Crippen molar-refractivity contribution in [1.82, 2.24) is 4.98 Å². The minimum atomic E-state index is -6.13. The van der Waals surface area contributed by atoms with Gasteiger partial charge in [0, 0.05) is 23.3 Å². The van der Waals surface area contributed by atoms with Crippen molar-refractivity contribution >= 4 is 39.5 Å². The lowest BCUT2D eigenvalue weighted by molar-refractivity contribution is -0.683. The van der Waals surface area contributed by atoms with Crippen LogP contribution in [0.2, 0.25) is 0 Å². The zero-order valence-electron chi connectivity index (χ0n) is 39.3. The Kier molecular flexibility index (Phi) is 16.6. The molecule has 0 spiro atoms. The summed E-state index contributed by atoms with van der Waals surface area (Å²) in [6, 6.07) is 6.48. The molecule has 0 N–H and O–H groups in total. The number of nitro benzene ring substituents is 1. The van der Waals surface area contributed by atoms with Gasteiger partial charge in [0.15, 0.2) is 12.4 Å². The van der Waals surface area contributed by atoms with E-state index in [4.69, 9.17) is 0 Å². The number of rotatable bonds is 9. The van der Waals surface area contributed by atoms with Gasteiger partial charge in [0.05, 0.1) is 55.6 Å². The lowest BCUT2D eigenvalue weighted by atomic mass is 9.12. The number of Topliss-reactive ketones (excluding diaryl/α,β-unsaturated/α-hetero) is 1. The second-order valence-corrected chi connectivity index (χ2v) is 17.4. The fourth-order valence-corrected chi connectivity index (χ4v) is 8.41. The van der Waals surface area contributed by atoms with Crippen LogP contribution in [0, 0.1) is 10.1 Å². The van der Waals surface area contributed by atoms with Gasteiger partial charge in [0.1, 0.15) is 11.8 Å². The molecule has 0 saturated carbocycles. The van der Waals surface area contributed by atoms with Crippen LogP contribution >= 0.6 is 0 Å². The maximum absolute atomic E-state index is 14.2. The molecule has 6 nitrogen and oxygen atoms in total. The molecule has 0 saturated heterocycles. The van der Waals surface area contributed by atoms with E-state index >= 15 is 0 Å². The Balaban J connectivity index is 0.000000363. The van der Waals surface area contributed by atoms with E-state index < -0.39 is 200 Å². The van der Waals surface area contributed by atoms with Gasteiger partial charge < -0.3 is 0 Å². The van der Waals surface area contributed by atoms with E-state index in [0.717, 1.165) is 0 Å². The molecule has 0 aliphatic rings. The van der Waals surface area contributed by atoms with Crippen LogP contribution in [0.4, 0.5) is 111 Å². The second kappa shape index (κ2) is 21.7. The summed E-state index contributed by atoms with van der Waals surface area (Å²) >= 11 is 0. The molecule has 7 aromatic rings. The molecule has 0 fully saturated rings. The van der Waals surface area contributed by atoms with Gasteiger partial charge in [-0.2, -0.15) is 132 Å². The lowest BCUT2D eigenvalue weighted by Gasteiger charge is -2.46. The van der Waals surface area contributed by atoms with Crippen molar-refractivity contribution in [2.45, 2.75) is 56.0 Å². The number of carbonyl (C=O) groups is 1. The average Bonchev–Trinajstić information content (AvgIpc) is 3.35. The van der Waals surface area contributed by atoms with Crippen LogP contribution in [-0.2, 0) is 56.0 Å². The highest BCUT2D eigenvalue weighted by Crippen LogP contribution is 2.41. The Morgan fingerprint density at radius 1 is 0.432 bits per heavy atom. The molecule has 430 valence electrons. The van der Waals surface area contributed by atoms with E-state index in [1.165, 1.54) is 12.1 Å². The molecule has 0 amide bonds. The summed E-state index contributed by atoms with van der Waals surface area (Å²) in [4.78, 5) is 27.0. The summed E-state index contributed by atoms with van der Waals surface area (Å²) < 4.78 is 343. The third kappa shape index (κ3) is 14.4. The van der Waals surface area contributed by atoms with Gasteiger partial charge in [-0.1, -0.05) is 91.0 Å². The van der Waals surface area contributed by atoms with E-state index in [-0.39, 0.29) is 18.0 Å². The van der Waals surface area contributed by atoms with E-state index in [1.54, 1.807) is 47.4 Å². The summed E-state index contributed by atoms with van der Waals surface area (Å²) in [5.41, 5.74) is -28.4. The normalized spacial score (nSPS) is 13.1. The van der Waals surface area contributed by atoms with Gasteiger partial charge in [-0.25, -0.2) is 4.98 Å². The highest BCUT2D eigenvalue weighted by Gasteiger charge is 2.47. The first kappa shape index (κ1) is 62.1. The van der Waals surface area contributed by atoms with E-state index in [0.29, 0.717) is 16.8 Å². The number of nitrogens with zero attached hydrogens (tertiary/aromatic N) is 3. The average molecular weight is 1180 g/mol. The molecule has 0 bridgehead atoms. The van der Waals surface area contributed by atoms with Gasteiger partial charge in [0.2, 0.25) is 12.3 Å². The van der Waals surface area contributed by atoms with Crippen LogP contribution in [0.1, 0.15) is 54.9 Å². The van der Waals surface area contributed by atoms with Gasteiger partial charge in [-0.15, -0.1) is 0 Å². The number of halogens is 24. The summed E-state index contributed by atoms with van der Waals surface area (Å²) in [7, 11) is 0. The summed E-state index contributed by atoms with van der Waals surface area (Å²) in [5, 5.41) is 10.9. The summed E-state index contributed by atoms with van der Waals surface area (Å²) in [6.07, 6.45) is -49.8. The minimum absolute atomic E-state index is 0.00469. The zero-order valence-corrected chi connectivity index (χ0v) is 39.3. The van der Waals surface area contributed by atoms with Crippen LogP contribution in [0.15, 0.2) is 146 Å². The molecular weight excluding hydrogens is 1160 g/mol. The number of hydrogen-bond acceptors (Lipinski definition) is 4. The smallest absolute Gasteiger partial charge is 0.287 e. The zero-order chi connectivity index (χ0) is 60.9. The third-order valence-electron chi connectivity index (χ3n) is 12.0. The van der Waals surface area contributed by atoms with E-state index in [1.807, 2.05) is 18.2 Å². The number of alkyl halides is 24. The van der Waals surface area contributed by atoms with Crippen LogP contribution in [0.25, 0.3) is 11.3 Å². The molecule has 0 radical (unpaired) electrons. The third-order valence-corrected chi connectivity index (χ3v) is 12.0. The molecule has 0 unspecified atom stereocenters. The van der Waals surface area contributed by atoms with Crippen molar-refractivity contribution < 1.29 is 120 Å². The van der Waals surface area contributed by atoms with Crippen molar-refractivity contribution in [2.75, 3.05) is 0 Å². The Morgan fingerprint density at radius 3 is 1.02 bits per heavy atom. The molecule has 0 aliphatic heterocycles. The summed E-state index contributed by atoms with van der Waals surface area (Å²) in [5.74, 6) is -0.0169. The number of hydrogen-bond donors (Lipinski definition) is 0. The molecule has 6 aromatic carbocycles. The quantitative estimate of drug-likeness (QED) is 0.0360. The Bertz CT molecular complexity index is 3030. The molecule has 1 heterocycles. The molecule has 81 heavy (non-hydrogen) atoms. The van der Waals surface area contributed by atoms with Crippen molar-refractivity contribution in [3.8, 4) is 11.3 Å². The highest BCUT2D eigenvalue weighted by atomic mass is 19.4. The van der Waals surface area contributed by atoms with Gasteiger partial charge in [-0.3, -0.25) is 14.9 Å². The maximum Gasteiger partial charge on any atom is 0.416 e. The van der Waals surface area contributed by atoms with Crippen molar-refractivity contribution in [3.05, 3.63) is 206 Å². The van der Waals surface area contributed by atoms with Crippen LogP contribution in [0.3, 0.4) is 0 Å². The Labute approximate surface area is 437 Å². The number of non-ortho nitro benzene ring substituents is 1. The predicted molar refractivity (Wildman–Crippen MR) is 237 cm³/mol. The first-order valence-electron chi connectivity index (χ1n) is 21.9. The van der Waals surface area contributed by atoms with Crippen molar-refractivity contribution in [1.29, 1.82) is 0 Å². The standard InChI is InChI=1S/C32H12BF24.C18H14N3O3/c34-25(35,36)13-1-14(26(37,38)39)6-21(5-13)33(22-7-15(27(40,41)42)2-16(8-22)28(43,44)45,23-9-17(29(46,47)48)3-18(10-23)30(49,50)51)24-11-19(31(52,53)54)4-20(12-24)32(55,56)57;22-18(14-5-2-1-3-6-14)13-20-10-9-19-17(12-20)15-7-4-8-16(11-15)21(23)24/h1-12H;1-12H,13H2/q-1;+1. The number of ketones is 1. The Morgan fingerprint density at radius 2 is 0.741 bits per heavy atom. The first-order valence-corrected chi connectivity index (χ1v) is 21.9. The monoisotopic (exact) mass is 1180 g/mol. The van der Waals surface area contributed by atoms with Crippen LogP contribution in [0.5, 0.6) is 0 Å². The number of nitro groups is 1. The summed E-state index contributed by atoms with van der Waals surface area (Å²) in [6.45, 7) is 0.175. The second-order valence-electron chi connectivity index (χ2n) is 17.4. The van der Waals surface area contributed by atoms with Crippen LogP contribution in [-0.4, -0.2) is 21.8 Å². The number of benzene rings is 6. The topological polar surface area (TPSA) is 77.0 Å². The van der Waals surface area contributed by atoms with Crippen molar-refractivity contribution in [3.63, 3.8) is 0 Å². The van der Waals surface area contributed by atoms with Gasteiger partial charge in [0.25, 0.3) is 5.69 Å². The molecule has 31 heteroatoms. The SMILES string of the molecule is FC(F)(F)c1cc([B-](c2cc(C(F)(F)F)cc(C(F)(F)F)c2)(c2cc(C(F)(F)F)cc(C(F)(F)F)c2)c2cc(C(F)(F)F)cc(C(F)(F)F)c2)cc(C(F)(F)F)c1.O=C(C[n+]1ccnc(-c2cccc([N+](=O)[O-])c2)c1)c1ccccc1.